The number of carbonyl (C=O) groups excluding carboxylic acids is 1. The molecule has 2 aliphatic rings. The number of aromatic nitrogens is 1. The van der Waals surface area contributed by atoms with Crippen molar-refractivity contribution < 1.29 is 23.1 Å². The topological polar surface area (TPSA) is 114 Å². The van der Waals surface area contributed by atoms with Gasteiger partial charge in [0.2, 0.25) is 0 Å². The fraction of sp³-hybridized carbons (Fsp3) is 0.647. The van der Waals surface area contributed by atoms with E-state index >= 15 is 0 Å². The first-order chi connectivity index (χ1) is 13.8. The SMILES string of the molecule is CCOP(=O)(OCC)[C@H]1CCC2(C1)N(C)C(=O)c1c(OB=N)c(=O)ccn1N2C. The predicted molar refractivity (Wildman–Crippen MR) is 107 cm³/mol. The van der Waals surface area contributed by atoms with Crippen LogP contribution in [0.15, 0.2) is 17.1 Å². The number of carbonyl (C=O) groups is 1. The summed E-state index contributed by atoms with van der Waals surface area (Å²) in [6.45, 7) is 4.10. The van der Waals surface area contributed by atoms with E-state index in [4.69, 9.17) is 19.0 Å². The first kappa shape index (κ1) is 21.7. The van der Waals surface area contributed by atoms with Crippen LogP contribution in [0.3, 0.4) is 0 Å². The summed E-state index contributed by atoms with van der Waals surface area (Å²) in [5.41, 5.74) is -1.53. The number of amides is 1. The summed E-state index contributed by atoms with van der Waals surface area (Å²) in [7, 11) is 0.764. The van der Waals surface area contributed by atoms with Crippen LogP contribution in [0.1, 0.15) is 43.6 Å². The molecule has 158 valence electrons. The van der Waals surface area contributed by atoms with Crippen molar-refractivity contribution in [2.45, 2.75) is 44.4 Å². The molecule has 1 unspecified atom stereocenters. The van der Waals surface area contributed by atoms with E-state index in [2.05, 4.69) is 0 Å². The maximum atomic E-state index is 13.3. The van der Waals surface area contributed by atoms with Crippen molar-refractivity contribution in [3.8, 4) is 5.75 Å². The average molecular weight is 424 g/mol. The van der Waals surface area contributed by atoms with E-state index in [1.54, 1.807) is 37.5 Å². The number of fused-ring (bicyclic) bond motifs is 1. The van der Waals surface area contributed by atoms with Gasteiger partial charge in [0.25, 0.3) is 0 Å². The first-order valence-corrected chi connectivity index (χ1v) is 11.2. The van der Waals surface area contributed by atoms with Crippen LogP contribution in [-0.4, -0.2) is 61.4 Å². The Labute approximate surface area is 170 Å². The van der Waals surface area contributed by atoms with Crippen LogP contribution >= 0.6 is 7.60 Å². The van der Waals surface area contributed by atoms with Gasteiger partial charge in [0, 0.05) is 0 Å². The van der Waals surface area contributed by atoms with Gasteiger partial charge in [0.05, 0.1) is 0 Å². The van der Waals surface area contributed by atoms with Crippen LogP contribution in [0.4, 0.5) is 0 Å². The zero-order valence-corrected chi connectivity index (χ0v) is 18.0. The van der Waals surface area contributed by atoms with Crippen LogP contribution in [-0.2, 0) is 13.6 Å². The monoisotopic (exact) mass is 424 g/mol. The molecule has 2 heterocycles. The number of hydrogen-bond donors (Lipinski definition) is 1. The molecule has 2 atom stereocenters. The normalized spacial score (nSPS) is 24.0. The number of rotatable bonds is 7. The summed E-state index contributed by atoms with van der Waals surface area (Å²) in [5, 5.41) is 9.01. The van der Waals surface area contributed by atoms with Gasteiger partial charge in [0.1, 0.15) is 0 Å². The molecule has 1 N–H and O–H groups in total. The second kappa shape index (κ2) is 8.05. The Morgan fingerprint density at radius 1 is 1.28 bits per heavy atom. The standard InChI is InChI=1S/C17H26BN4O6P/c1-5-26-29(25,27-6-2)12-7-9-17(11-12)20(3)16(24)14-15(28-18-19)13(23)8-10-22(14)21(17)4/h8,10,12,19H,5-7,9,11H2,1-4H3/t12-,17?/m0/s1. The molecule has 1 spiro atoms. The summed E-state index contributed by atoms with van der Waals surface area (Å²) >= 11 is 0. The Balaban J connectivity index is 2.04. The average Bonchev–Trinajstić information content (AvgIpc) is 3.14. The first-order valence-electron chi connectivity index (χ1n) is 9.58. The molecule has 1 amide bonds. The van der Waals surface area contributed by atoms with Gasteiger partial charge in [-0.05, 0) is 0 Å². The van der Waals surface area contributed by atoms with Gasteiger partial charge in [-0.25, -0.2) is 0 Å². The fourth-order valence-corrected chi connectivity index (χ4v) is 6.53. The van der Waals surface area contributed by atoms with Gasteiger partial charge in [-0.2, -0.15) is 0 Å². The van der Waals surface area contributed by atoms with E-state index in [1.165, 1.54) is 12.3 Å². The Hall–Kier alpha value is -1.97. The Kier molecular flexibility index (Phi) is 6.03. The second-order valence-electron chi connectivity index (χ2n) is 7.08. The number of hydrogen-bond acceptors (Lipinski definition) is 8. The van der Waals surface area contributed by atoms with Crippen LogP contribution in [0, 0.1) is 5.31 Å². The quantitative estimate of drug-likeness (QED) is 0.524. The van der Waals surface area contributed by atoms with Gasteiger partial charge < -0.3 is 0 Å². The summed E-state index contributed by atoms with van der Waals surface area (Å²) in [6.07, 6.45) is 3.04. The molecule has 3 rings (SSSR count). The Morgan fingerprint density at radius 3 is 2.52 bits per heavy atom. The third-order valence-corrected chi connectivity index (χ3v) is 8.35. The number of pyridine rings is 1. The van der Waals surface area contributed by atoms with Gasteiger partial charge in [-0.1, -0.05) is 0 Å². The predicted octanol–water partition coefficient (Wildman–Crippen LogP) is 1.78. The zero-order chi connectivity index (χ0) is 21.4. The summed E-state index contributed by atoms with van der Waals surface area (Å²) < 4.78 is 31.0. The van der Waals surface area contributed by atoms with Crippen molar-refractivity contribution in [3.05, 3.63) is 28.2 Å². The molecular formula is C17H26BN4O6P. The number of nitrogens with zero attached hydrogens (tertiary/aromatic N) is 3. The van der Waals surface area contributed by atoms with Gasteiger partial charge in [0.15, 0.2) is 0 Å². The minimum absolute atomic E-state index is 0.0536. The van der Waals surface area contributed by atoms with Crippen molar-refractivity contribution in [1.29, 1.82) is 5.31 Å². The van der Waals surface area contributed by atoms with Gasteiger partial charge in [-0.3, -0.25) is 0 Å². The fourth-order valence-electron chi connectivity index (χ4n) is 4.35. The van der Waals surface area contributed by atoms with Crippen LogP contribution in [0.2, 0.25) is 0 Å². The zero-order valence-electron chi connectivity index (χ0n) is 17.1. The molecular weight excluding hydrogens is 398 g/mol. The van der Waals surface area contributed by atoms with Crippen molar-refractivity contribution >= 4 is 20.8 Å². The molecule has 12 heteroatoms. The van der Waals surface area contributed by atoms with Gasteiger partial charge in [-0.15, -0.1) is 0 Å². The van der Waals surface area contributed by atoms with E-state index in [1.807, 2.05) is 5.01 Å². The molecule has 1 saturated carbocycles. The second-order valence-corrected chi connectivity index (χ2v) is 9.41. The molecule has 1 fully saturated rings. The van der Waals surface area contributed by atoms with E-state index in [9.17, 15) is 14.2 Å². The van der Waals surface area contributed by atoms with E-state index < -0.39 is 24.6 Å². The molecule has 0 aromatic carbocycles. The summed E-state index contributed by atoms with van der Waals surface area (Å²) in [5.74, 6) is -0.592. The molecule has 0 radical (unpaired) electrons. The van der Waals surface area contributed by atoms with E-state index in [-0.39, 0.29) is 30.3 Å². The number of nitrogens with one attached hydrogen (secondary N) is 1. The van der Waals surface area contributed by atoms with Gasteiger partial charge >= 0.3 is 169 Å². The third-order valence-electron chi connectivity index (χ3n) is 5.77. The van der Waals surface area contributed by atoms with Crippen LogP contribution < -0.4 is 15.1 Å². The van der Waals surface area contributed by atoms with Crippen molar-refractivity contribution in [3.63, 3.8) is 0 Å². The molecule has 0 saturated heterocycles. The molecule has 10 nitrogen and oxygen atoms in total. The summed E-state index contributed by atoms with van der Waals surface area (Å²) in [6, 6.07) is 1.29. The van der Waals surface area contributed by atoms with Crippen LogP contribution in [0.5, 0.6) is 5.75 Å². The Morgan fingerprint density at radius 2 is 1.93 bits per heavy atom. The third kappa shape index (κ3) is 3.35. The van der Waals surface area contributed by atoms with Crippen molar-refractivity contribution in [1.82, 2.24) is 9.58 Å². The minimum atomic E-state index is -3.32. The van der Waals surface area contributed by atoms with Crippen LogP contribution in [0.25, 0.3) is 0 Å². The molecule has 1 aromatic rings. The molecule has 1 aliphatic heterocycles. The van der Waals surface area contributed by atoms with Crippen molar-refractivity contribution in [2.24, 2.45) is 0 Å². The Bertz CT molecular complexity index is 914. The molecule has 1 aromatic heterocycles. The van der Waals surface area contributed by atoms with E-state index in [0.29, 0.717) is 26.5 Å². The van der Waals surface area contributed by atoms with E-state index in [0.717, 1.165) is 0 Å². The molecule has 29 heavy (non-hydrogen) atoms. The summed E-state index contributed by atoms with van der Waals surface area (Å²) in [4.78, 5) is 27.0. The van der Waals surface area contributed by atoms with Crippen molar-refractivity contribution in [2.75, 3.05) is 32.3 Å². The molecule has 1 aliphatic carbocycles. The molecule has 0 bridgehead atoms. The maximum absolute atomic E-state index is 13.3.